The van der Waals surface area contributed by atoms with Crippen molar-refractivity contribution in [2.75, 3.05) is 18.9 Å². The molecule has 240 valence electrons. The second kappa shape index (κ2) is 17.5. The maximum Gasteiger partial charge on any atom is 0.326 e. The number of benzene rings is 2. The molecule has 2 aromatic carbocycles. The van der Waals surface area contributed by atoms with E-state index in [1.165, 1.54) is 40.9 Å². The third-order valence-electron chi connectivity index (χ3n) is 6.80. The van der Waals surface area contributed by atoms with Gasteiger partial charge in [-0.25, -0.2) is 0 Å². The zero-order valence-electron chi connectivity index (χ0n) is 24.9. The average Bonchev–Trinajstić information content (AvgIpc) is 3.04. The number of amides is 2. The highest BCUT2D eigenvalue weighted by atomic mass is 32.2. The number of hydrogen-bond donors (Lipinski definition) is 1. The van der Waals surface area contributed by atoms with Crippen molar-refractivity contribution in [1.29, 1.82) is 0 Å². The van der Waals surface area contributed by atoms with Crippen LogP contribution in [0.25, 0.3) is 0 Å². The number of thioether (sulfide) groups is 1. The molecule has 45 heavy (non-hydrogen) atoms. The summed E-state index contributed by atoms with van der Waals surface area (Å²) in [5.41, 5.74) is 1.47. The third kappa shape index (κ3) is 10.2. The zero-order chi connectivity index (χ0) is 32.8. The molecule has 1 fully saturated rings. The minimum atomic E-state index is -1.30. The normalized spacial score (nSPS) is 16.6. The SMILES string of the molecule is CCCCOC(=O)CCSC=C(C)C1C(NC(=O)C(OC=O)c2ccccc2)C(=O)N1CC(=O)OCc1ccc([N+](=O)[O-])cc1. The van der Waals surface area contributed by atoms with Gasteiger partial charge in [0.2, 0.25) is 12.0 Å². The van der Waals surface area contributed by atoms with Crippen LogP contribution in [0, 0.1) is 10.1 Å². The lowest BCUT2D eigenvalue weighted by Gasteiger charge is -2.47. The van der Waals surface area contributed by atoms with Crippen LogP contribution in [0.5, 0.6) is 0 Å². The number of β-lactam (4-membered cyclic amide) rings is 1. The van der Waals surface area contributed by atoms with Crippen LogP contribution >= 0.6 is 11.8 Å². The van der Waals surface area contributed by atoms with Crippen molar-refractivity contribution in [3.05, 3.63) is 86.8 Å². The summed E-state index contributed by atoms with van der Waals surface area (Å²) >= 11 is 1.32. The first kappa shape index (κ1) is 34.8. The van der Waals surface area contributed by atoms with Crippen molar-refractivity contribution in [2.45, 2.75) is 57.9 Å². The van der Waals surface area contributed by atoms with Crippen molar-refractivity contribution in [3.63, 3.8) is 0 Å². The highest BCUT2D eigenvalue weighted by molar-refractivity contribution is 8.02. The van der Waals surface area contributed by atoms with E-state index < -0.39 is 47.4 Å². The molecule has 1 aliphatic heterocycles. The smallest absolute Gasteiger partial charge is 0.326 e. The van der Waals surface area contributed by atoms with E-state index in [2.05, 4.69) is 5.32 Å². The molecular formula is C31H35N3O10S. The Balaban J connectivity index is 1.69. The monoisotopic (exact) mass is 641 g/mol. The van der Waals surface area contributed by atoms with Gasteiger partial charge >= 0.3 is 11.9 Å². The van der Waals surface area contributed by atoms with Gasteiger partial charge in [-0.05, 0) is 42.0 Å². The van der Waals surface area contributed by atoms with Crippen molar-refractivity contribution >= 4 is 47.7 Å². The van der Waals surface area contributed by atoms with E-state index in [0.29, 0.717) is 29.1 Å². The van der Waals surface area contributed by atoms with Gasteiger partial charge < -0.3 is 24.4 Å². The molecule has 3 unspecified atom stereocenters. The molecule has 13 nitrogen and oxygen atoms in total. The number of unbranched alkanes of at least 4 members (excludes halogenated alkanes) is 1. The lowest BCUT2D eigenvalue weighted by Crippen LogP contribution is -2.72. The predicted molar refractivity (Wildman–Crippen MR) is 163 cm³/mol. The van der Waals surface area contributed by atoms with Crippen molar-refractivity contribution in [3.8, 4) is 0 Å². The quantitative estimate of drug-likeness (QED) is 0.0479. The summed E-state index contributed by atoms with van der Waals surface area (Å²) in [5, 5.41) is 15.3. The molecule has 0 aromatic heterocycles. The molecule has 0 bridgehead atoms. The first-order valence-electron chi connectivity index (χ1n) is 14.2. The number of nitro groups is 1. The number of likely N-dealkylation sites (tertiary alicyclic amines) is 1. The molecule has 0 aliphatic carbocycles. The second-order valence-electron chi connectivity index (χ2n) is 10.1. The van der Waals surface area contributed by atoms with Crippen LogP contribution in [0.4, 0.5) is 5.69 Å². The average molecular weight is 642 g/mol. The maximum atomic E-state index is 13.2. The maximum absolute atomic E-state index is 13.2. The van der Waals surface area contributed by atoms with Crippen LogP contribution in [0.3, 0.4) is 0 Å². The van der Waals surface area contributed by atoms with Gasteiger partial charge in [0, 0.05) is 23.4 Å². The Morgan fingerprint density at radius 3 is 2.44 bits per heavy atom. The van der Waals surface area contributed by atoms with E-state index in [-0.39, 0.29) is 31.2 Å². The Labute approximate surface area is 264 Å². The Kier molecular flexibility index (Phi) is 13.6. The van der Waals surface area contributed by atoms with Gasteiger partial charge in [0.05, 0.1) is 24.0 Å². The Hall–Kier alpha value is -4.72. The molecule has 1 N–H and O–H groups in total. The minimum absolute atomic E-state index is 0.103. The number of non-ortho nitro benzene ring substituents is 1. The highest BCUT2D eigenvalue weighted by Crippen LogP contribution is 2.29. The predicted octanol–water partition coefficient (Wildman–Crippen LogP) is 3.62. The summed E-state index contributed by atoms with van der Waals surface area (Å²) in [7, 11) is 0. The van der Waals surface area contributed by atoms with Gasteiger partial charge in [0.25, 0.3) is 18.1 Å². The number of hydrogen-bond acceptors (Lipinski definition) is 11. The molecule has 0 saturated carbocycles. The van der Waals surface area contributed by atoms with Gasteiger partial charge in [-0.2, -0.15) is 0 Å². The Morgan fingerprint density at radius 1 is 1.09 bits per heavy atom. The van der Waals surface area contributed by atoms with Crippen molar-refractivity contribution in [2.24, 2.45) is 0 Å². The van der Waals surface area contributed by atoms with Crippen LogP contribution < -0.4 is 5.32 Å². The fourth-order valence-electron chi connectivity index (χ4n) is 4.45. The molecular weight excluding hydrogens is 606 g/mol. The van der Waals surface area contributed by atoms with E-state index in [0.717, 1.165) is 12.8 Å². The molecule has 2 aromatic rings. The third-order valence-corrected chi connectivity index (χ3v) is 7.78. The first-order valence-corrected chi connectivity index (χ1v) is 15.3. The highest BCUT2D eigenvalue weighted by Gasteiger charge is 2.50. The number of rotatable bonds is 18. The summed E-state index contributed by atoms with van der Waals surface area (Å²) in [5.74, 6) is -1.88. The van der Waals surface area contributed by atoms with Crippen LogP contribution in [0.1, 0.15) is 50.3 Å². The summed E-state index contributed by atoms with van der Waals surface area (Å²) in [6.45, 7) is 3.67. The first-order chi connectivity index (χ1) is 21.7. The fourth-order valence-corrected chi connectivity index (χ4v) is 5.25. The largest absolute Gasteiger partial charge is 0.466 e. The molecule has 0 radical (unpaired) electrons. The van der Waals surface area contributed by atoms with Gasteiger partial charge in [-0.1, -0.05) is 43.7 Å². The van der Waals surface area contributed by atoms with E-state index >= 15 is 0 Å². The summed E-state index contributed by atoms with van der Waals surface area (Å²) < 4.78 is 15.5. The molecule has 3 rings (SSSR count). The molecule has 1 aliphatic rings. The summed E-state index contributed by atoms with van der Waals surface area (Å²) in [6.07, 6.45) is 0.587. The fraction of sp³-hybridized carbons (Fsp3) is 0.387. The summed E-state index contributed by atoms with van der Waals surface area (Å²) in [6, 6.07) is 12.0. The lowest BCUT2D eigenvalue weighted by atomic mass is 9.89. The molecule has 2 amide bonds. The van der Waals surface area contributed by atoms with E-state index in [9.17, 15) is 34.1 Å². The van der Waals surface area contributed by atoms with E-state index in [1.54, 1.807) is 42.7 Å². The molecule has 1 heterocycles. The van der Waals surface area contributed by atoms with Gasteiger partial charge in [-0.15, -0.1) is 11.8 Å². The zero-order valence-corrected chi connectivity index (χ0v) is 25.7. The number of nitrogens with zero attached hydrogens (tertiary/aromatic N) is 2. The van der Waals surface area contributed by atoms with Crippen molar-refractivity contribution in [1.82, 2.24) is 10.2 Å². The lowest BCUT2D eigenvalue weighted by molar-refractivity contribution is -0.384. The Morgan fingerprint density at radius 2 is 1.80 bits per heavy atom. The van der Waals surface area contributed by atoms with E-state index in [4.69, 9.17) is 14.2 Å². The standard InChI is InChI=1S/C31H35N3O10S/c1-3-4-15-42-25(36)14-16-45-19-21(2)28-27(32-30(38)29(44-20-35)23-8-6-5-7-9-23)31(39)33(28)17-26(37)43-18-22-10-12-24(13-11-22)34(40)41/h5-13,19-20,27-29H,3-4,14-18H2,1-2H3,(H,32,38). The van der Waals surface area contributed by atoms with Crippen LogP contribution in [0.15, 0.2) is 65.6 Å². The van der Waals surface area contributed by atoms with Gasteiger partial charge in [0.15, 0.2) is 0 Å². The van der Waals surface area contributed by atoms with Gasteiger partial charge in [-0.3, -0.25) is 34.1 Å². The minimum Gasteiger partial charge on any atom is -0.466 e. The molecule has 14 heteroatoms. The number of nitrogens with one attached hydrogen (secondary N) is 1. The number of carbonyl (C=O) groups excluding carboxylic acids is 5. The number of esters is 2. The second-order valence-corrected chi connectivity index (χ2v) is 11.0. The number of carbonyl (C=O) groups is 5. The van der Waals surface area contributed by atoms with E-state index in [1.807, 2.05) is 6.92 Å². The summed E-state index contributed by atoms with van der Waals surface area (Å²) in [4.78, 5) is 73.8. The topological polar surface area (TPSA) is 171 Å². The number of nitro benzene ring substituents is 1. The van der Waals surface area contributed by atoms with Crippen LogP contribution in [-0.4, -0.2) is 71.0 Å². The molecule has 1 saturated heterocycles. The Bertz CT molecular complexity index is 1380. The van der Waals surface area contributed by atoms with Crippen LogP contribution in [-0.2, 0) is 44.8 Å². The molecule has 0 spiro atoms. The van der Waals surface area contributed by atoms with Crippen LogP contribution in [0.2, 0.25) is 0 Å². The van der Waals surface area contributed by atoms with Crippen molar-refractivity contribution < 1.29 is 43.1 Å². The van der Waals surface area contributed by atoms with Gasteiger partial charge in [0.1, 0.15) is 19.2 Å². The molecule has 3 atom stereocenters. The number of ether oxygens (including phenoxy) is 3.